The first-order chi connectivity index (χ1) is 14.6. The second-order valence-electron chi connectivity index (χ2n) is 8.82. The van der Waals surface area contributed by atoms with Crippen molar-refractivity contribution in [1.29, 1.82) is 0 Å². The van der Waals surface area contributed by atoms with E-state index in [-0.39, 0.29) is 20.7 Å². The number of aryl methyl sites for hydroxylation is 1. The molecule has 1 atom stereocenters. The van der Waals surface area contributed by atoms with E-state index in [4.69, 9.17) is 17.0 Å². The topological polar surface area (TPSA) is 0 Å². The Kier molecular flexibility index (Phi) is 7.09. The average molecular weight is 574 g/mol. The van der Waals surface area contributed by atoms with Crippen molar-refractivity contribution in [3.63, 3.8) is 0 Å². The van der Waals surface area contributed by atoms with E-state index in [9.17, 15) is 26.3 Å². The number of hydrogen-bond donors (Lipinski definition) is 0. The van der Waals surface area contributed by atoms with Crippen molar-refractivity contribution in [2.75, 3.05) is 0 Å². The van der Waals surface area contributed by atoms with E-state index in [0.717, 1.165) is 23.3 Å². The van der Waals surface area contributed by atoms with Crippen LogP contribution in [0.1, 0.15) is 59.1 Å². The molecule has 0 aromatic heterocycles. The summed E-state index contributed by atoms with van der Waals surface area (Å²) in [5.41, 5.74) is 0.320. The minimum atomic E-state index is -4.91. The maximum atomic E-state index is 13.5. The van der Waals surface area contributed by atoms with Gasteiger partial charge >= 0.3 is 199 Å². The van der Waals surface area contributed by atoms with Crippen LogP contribution in [0.5, 0.6) is 0 Å². The fourth-order valence-corrected chi connectivity index (χ4v) is 9.94. The van der Waals surface area contributed by atoms with Crippen LogP contribution in [0.4, 0.5) is 26.3 Å². The van der Waals surface area contributed by atoms with Crippen LogP contribution in [0.25, 0.3) is 17.2 Å². The standard InChI is InChI=1S/C23H21F6.2ClH.Zr/c1-5-13-6-7-14-8-16(21(2,3)4)12-19(14)20(13)15-9-17(22(24,25)26)11-18(10-15)23(27,28)29;;;/h6-12H,5H2,1-4H3;2*1H;/q;;;+2/p-2. The van der Waals surface area contributed by atoms with Crippen molar-refractivity contribution in [3.8, 4) is 11.1 Å². The van der Waals surface area contributed by atoms with Gasteiger partial charge in [0.25, 0.3) is 0 Å². The van der Waals surface area contributed by atoms with E-state index in [0.29, 0.717) is 23.1 Å². The summed E-state index contributed by atoms with van der Waals surface area (Å²) < 4.78 is 80.7. The molecule has 173 valence electrons. The second-order valence-corrected chi connectivity index (χ2v) is 17.6. The molecule has 1 unspecified atom stereocenters. The second kappa shape index (κ2) is 8.78. The Balaban J connectivity index is 2.39. The molecule has 1 aliphatic rings. The van der Waals surface area contributed by atoms with Gasteiger partial charge in [-0.25, -0.2) is 0 Å². The van der Waals surface area contributed by atoms with Crippen LogP contribution in [0.15, 0.2) is 35.9 Å². The van der Waals surface area contributed by atoms with Gasteiger partial charge in [-0.15, -0.1) is 0 Å². The molecule has 0 spiro atoms. The van der Waals surface area contributed by atoms with E-state index in [1.54, 1.807) is 6.07 Å². The first-order valence-corrected chi connectivity index (χ1v) is 17.7. The third-order valence-corrected chi connectivity index (χ3v) is 10.8. The van der Waals surface area contributed by atoms with Gasteiger partial charge in [0.15, 0.2) is 0 Å². The van der Waals surface area contributed by atoms with E-state index < -0.39 is 42.8 Å². The number of benzene rings is 2. The van der Waals surface area contributed by atoms with Crippen molar-refractivity contribution >= 4 is 23.1 Å². The van der Waals surface area contributed by atoms with Gasteiger partial charge in [0.1, 0.15) is 0 Å². The van der Waals surface area contributed by atoms with Crippen molar-refractivity contribution in [2.24, 2.45) is 5.41 Å². The molecule has 3 rings (SSSR count). The van der Waals surface area contributed by atoms with E-state index >= 15 is 0 Å². The first-order valence-electron chi connectivity index (χ1n) is 9.91. The van der Waals surface area contributed by atoms with Crippen molar-refractivity contribution < 1.29 is 45.7 Å². The average Bonchev–Trinajstić information content (AvgIpc) is 3.05. The van der Waals surface area contributed by atoms with Crippen LogP contribution in [0.3, 0.4) is 0 Å². The van der Waals surface area contributed by atoms with Gasteiger partial charge in [-0.2, -0.15) is 0 Å². The van der Waals surface area contributed by atoms with Crippen LogP contribution in [0.2, 0.25) is 0 Å². The van der Waals surface area contributed by atoms with Crippen molar-refractivity contribution in [1.82, 2.24) is 0 Å². The summed E-state index contributed by atoms with van der Waals surface area (Å²) in [4.78, 5) is 0. The molecule has 0 bridgehead atoms. The Bertz CT molecular complexity index is 1030. The summed E-state index contributed by atoms with van der Waals surface area (Å²) in [6.07, 6.45) is -7.52. The number of alkyl halides is 6. The van der Waals surface area contributed by atoms with Crippen LogP contribution in [-0.4, -0.2) is 0 Å². The summed E-state index contributed by atoms with van der Waals surface area (Å²) in [6.45, 7) is 7.78. The number of fused-ring (bicyclic) bond motifs is 1. The molecule has 0 N–H and O–H groups in total. The normalized spacial score (nSPS) is 16.8. The van der Waals surface area contributed by atoms with Crippen LogP contribution in [0, 0.1) is 5.41 Å². The molecular formula is C23H21Cl2F6Zr. The molecule has 1 aliphatic carbocycles. The summed E-state index contributed by atoms with van der Waals surface area (Å²) in [5, 5.41) is 0. The third-order valence-electron chi connectivity index (χ3n) is 5.63. The van der Waals surface area contributed by atoms with Crippen molar-refractivity contribution in [2.45, 2.75) is 50.1 Å². The minimum absolute atomic E-state index is 0.111. The van der Waals surface area contributed by atoms with E-state index in [1.807, 2.05) is 39.8 Å². The SMILES string of the molecule is CCc1ccc2c(c1-c1cc(C(F)(F)F)cc(C(F)(F)F)c1)C=C(C(C)(C)C)[CH]2[Zr]([Cl])[Cl]. The Labute approximate surface area is 198 Å². The van der Waals surface area contributed by atoms with Gasteiger partial charge in [-0.1, -0.05) is 0 Å². The number of hydrogen-bond acceptors (Lipinski definition) is 0. The van der Waals surface area contributed by atoms with Crippen molar-refractivity contribution in [3.05, 3.63) is 63.7 Å². The molecule has 0 amide bonds. The Hall–Kier alpha value is -0.777. The molecule has 0 radical (unpaired) electrons. The number of rotatable bonds is 3. The van der Waals surface area contributed by atoms with Gasteiger partial charge in [0.2, 0.25) is 0 Å². The summed E-state index contributed by atoms with van der Waals surface area (Å²) in [6, 6.07) is 5.36. The zero-order valence-corrected chi connectivity index (χ0v) is 21.7. The quantitative estimate of drug-likeness (QED) is 0.321. The van der Waals surface area contributed by atoms with E-state index in [2.05, 4.69) is 0 Å². The van der Waals surface area contributed by atoms with Gasteiger partial charge in [0, 0.05) is 0 Å². The van der Waals surface area contributed by atoms with E-state index in [1.165, 1.54) is 0 Å². The van der Waals surface area contributed by atoms with Gasteiger partial charge in [0.05, 0.1) is 0 Å². The molecule has 0 nitrogen and oxygen atoms in total. The van der Waals surface area contributed by atoms with Gasteiger partial charge in [-0.05, 0) is 0 Å². The molecule has 32 heavy (non-hydrogen) atoms. The number of allylic oxidation sites excluding steroid dienone is 1. The maximum absolute atomic E-state index is 13.5. The first kappa shape index (κ1) is 25.8. The predicted octanol–water partition coefficient (Wildman–Crippen LogP) is 9.36. The molecule has 2 aromatic carbocycles. The van der Waals surface area contributed by atoms with Crippen LogP contribution < -0.4 is 0 Å². The van der Waals surface area contributed by atoms with Crippen LogP contribution in [-0.2, 0) is 38.1 Å². The fraction of sp³-hybridized carbons (Fsp3) is 0.391. The molecule has 0 saturated carbocycles. The molecular weight excluding hydrogens is 552 g/mol. The third kappa shape index (κ3) is 5.00. The molecule has 0 fully saturated rings. The Morgan fingerprint density at radius 2 is 1.41 bits per heavy atom. The molecule has 0 saturated heterocycles. The van der Waals surface area contributed by atoms with Gasteiger partial charge < -0.3 is 0 Å². The zero-order valence-electron chi connectivity index (χ0n) is 17.8. The fourth-order valence-electron chi connectivity index (χ4n) is 4.11. The van der Waals surface area contributed by atoms with Crippen LogP contribution >= 0.6 is 17.0 Å². The monoisotopic (exact) mass is 571 g/mol. The molecule has 0 heterocycles. The molecule has 0 aliphatic heterocycles. The number of halogens is 8. The Morgan fingerprint density at radius 3 is 1.81 bits per heavy atom. The summed E-state index contributed by atoms with van der Waals surface area (Å²) in [7, 11) is 13.0. The summed E-state index contributed by atoms with van der Waals surface area (Å²) in [5.74, 6) is 0. The summed E-state index contributed by atoms with van der Waals surface area (Å²) >= 11 is -2.94. The molecule has 9 heteroatoms. The molecule has 2 aromatic rings. The zero-order chi connectivity index (χ0) is 24.2. The van der Waals surface area contributed by atoms with Gasteiger partial charge in [-0.3, -0.25) is 0 Å². The predicted molar refractivity (Wildman–Crippen MR) is 113 cm³/mol. The Morgan fingerprint density at radius 1 is 0.875 bits per heavy atom.